The first kappa shape index (κ1) is 12.4. The van der Waals surface area contributed by atoms with Crippen LogP contribution in [0.3, 0.4) is 0 Å². The van der Waals surface area contributed by atoms with Crippen molar-refractivity contribution in [2.45, 2.75) is 26.8 Å². The van der Waals surface area contributed by atoms with Crippen molar-refractivity contribution in [3.63, 3.8) is 0 Å². The molecule has 2 heterocycles. The van der Waals surface area contributed by atoms with Gasteiger partial charge in [0.1, 0.15) is 5.82 Å². The van der Waals surface area contributed by atoms with Gasteiger partial charge in [0, 0.05) is 24.1 Å². The van der Waals surface area contributed by atoms with Crippen LogP contribution in [0.5, 0.6) is 0 Å². The zero-order valence-electron chi connectivity index (χ0n) is 10.8. The Kier molecular flexibility index (Phi) is 3.77. The van der Waals surface area contributed by atoms with Crippen LogP contribution in [-0.2, 0) is 13.0 Å². The number of hydrogen-bond acceptors (Lipinski definition) is 4. The number of pyridine rings is 2. The summed E-state index contributed by atoms with van der Waals surface area (Å²) < 4.78 is 0. The maximum atomic E-state index is 5.85. The van der Waals surface area contributed by atoms with Crippen molar-refractivity contribution in [3.8, 4) is 0 Å². The van der Waals surface area contributed by atoms with Crippen molar-refractivity contribution in [2.75, 3.05) is 11.1 Å². The van der Waals surface area contributed by atoms with Crippen molar-refractivity contribution in [2.24, 2.45) is 0 Å². The predicted molar refractivity (Wildman–Crippen MR) is 74.3 cm³/mol. The number of anilines is 2. The van der Waals surface area contributed by atoms with Gasteiger partial charge in [0.25, 0.3) is 0 Å². The summed E-state index contributed by atoms with van der Waals surface area (Å²) in [5.74, 6) is 0.783. The number of aryl methyl sites for hydroxylation is 2. The Hall–Kier alpha value is -2.10. The molecule has 0 aliphatic carbocycles. The number of nitrogens with one attached hydrogen (secondary N) is 1. The van der Waals surface area contributed by atoms with Crippen LogP contribution < -0.4 is 11.1 Å². The van der Waals surface area contributed by atoms with E-state index in [-0.39, 0.29) is 0 Å². The number of nitrogens with two attached hydrogens (primary N) is 1. The van der Waals surface area contributed by atoms with E-state index in [1.54, 1.807) is 6.20 Å². The topological polar surface area (TPSA) is 63.8 Å². The van der Waals surface area contributed by atoms with Crippen molar-refractivity contribution < 1.29 is 0 Å². The lowest BCUT2D eigenvalue weighted by Gasteiger charge is -2.09. The molecule has 0 unspecified atom stereocenters. The first-order valence-corrected chi connectivity index (χ1v) is 6.09. The average molecular weight is 242 g/mol. The number of nitrogen functional groups attached to an aromatic ring is 1. The third-order valence-electron chi connectivity index (χ3n) is 2.95. The number of nitrogens with zero attached hydrogens (tertiary/aromatic N) is 2. The molecule has 0 aromatic carbocycles. The fourth-order valence-electron chi connectivity index (χ4n) is 1.76. The third kappa shape index (κ3) is 2.77. The van der Waals surface area contributed by atoms with Crippen LogP contribution in [-0.4, -0.2) is 9.97 Å². The monoisotopic (exact) mass is 242 g/mol. The Bertz CT molecular complexity index is 537. The summed E-state index contributed by atoms with van der Waals surface area (Å²) in [6.45, 7) is 4.74. The van der Waals surface area contributed by atoms with Gasteiger partial charge < -0.3 is 11.1 Å². The molecule has 0 saturated carbocycles. The molecule has 0 bridgehead atoms. The number of rotatable bonds is 4. The van der Waals surface area contributed by atoms with E-state index in [1.165, 1.54) is 5.56 Å². The van der Waals surface area contributed by atoms with E-state index in [4.69, 9.17) is 5.73 Å². The Morgan fingerprint density at radius 3 is 2.89 bits per heavy atom. The fourth-order valence-corrected chi connectivity index (χ4v) is 1.76. The Morgan fingerprint density at radius 1 is 1.33 bits per heavy atom. The van der Waals surface area contributed by atoms with Gasteiger partial charge in [0.05, 0.1) is 12.2 Å². The number of aromatic nitrogens is 2. The van der Waals surface area contributed by atoms with E-state index < -0.39 is 0 Å². The SMILES string of the molecule is CCc1cccnc1CNc1cc(N)c(C)cn1. The summed E-state index contributed by atoms with van der Waals surface area (Å²) in [5, 5.41) is 3.25. The quantitative estimate of drug-likeness (QED) is 0.864. The predicted octanol–water partition coefficient (Wildman–Crippen LogP) is 2.54. The van der Waals surface area contributed by atoms with Gasteiger partial charge in [-0.3, -0.25) is 4.98 Å². The molecule has 0 radical (unpaired) electrons. The van der Waals surface area contributed by atoms with Crippen molar-refractivity contribution >= 4 is 11.5 Å². The molecule has 2 rings (SSSR count). The summed E-state index contributed by atoms with van der Waals surface area (Å²) in [7, 11) is 0. The van der Waals surface area contributed by atoms with Crippen LogP contribution in [0, 0.1) is 6.92 Å². The van der Waals surface area contributed by atoms with Gasteiger partial charge in [0.2, 0.25) is 0 Å². The second-order valence-electron chi connectivity index (χ2n) is 4.24. The summed E-state index contributed by atoms with van der Waals surface area (Å²) in [5.41, 5.74) is 9.91. The minimum atomic E-state index is 0.666. The maximum Gasteiger partial charge on any atom is 0.128 e. The molecule has 0 aliphatic heterocycles. The summed E-state index contributed by atoms with van der Waals surface area (Å²) >= 11 is 0. The minimum Gasteiger partial charge on any atom is -0.398 e. The van der Waals surface area contributed by atoms with Gasteiger partial charge >= 0.3 is 0 Å². The highest BCUT2D eigenvalue weighted by atomic mass is 15.0. The van der Waals surface area contributed by atoms with Crippen molar-refractivity contribution in [1.82, 2.24) is 9.97 Å². The molecule has 0 atom stereocenters. The molecule has 18 heavy (non-hydrogen) atoms. The standard InChI is InChI=1S/C14H18N4/c1-3-11-5-4-6-16-13(11)9-18-14-7-12(15)10(2)8-17-14/h4-8H,3,9H2,1-2H3,(H3,15,17,18). The van der Waals surface area contributed by atoms with Gasteiger partial charge in [-0.1, -0.05) is 13.0 Å². The van der Waals surface area contributed by atoms with Gasteiger partial charge in [-0.05, 0) is 30.5 Å². The molecule has 3 N–H and O–H groups in total. The molecular formula is C14H18N4. The second-order valence-corrected chi connectivity index (χ2v) is 4.24. The highest BCUT2D eigenvalue weighted by Gasteiger charge is 2.02. The molecule has 0 aliphatic rings. The normalized spacial score (nSPS) is 10.3. The Balaban J connectivity index is 2.09. The second kappa shape index (κ2) is 5.49. The minimum absolute atomic E-state index is 0.666. The van der Waals surface area contributed by atoms with Crippen LogP contribution >= 0.6 is 0 Å². The zero-order chi connectivity index (χ0) is 13.0. The van der Waals surface area contributed by atoms with Gasteiger partial charge in [-0.2, -0.15) is 0 Å². The van der Waals surface area contributed by atoms with E-state index in [0.29, 0.717) is 6.54 Å². The smallest absolute Gasteiger partial charge is 0.128 e. The number of hydrogen-bond donors (Lipinski definition) is 2. The van der Waals surface area contributed by atoms with E-state index in [1.807, 2.05) is 25.3 Å². The summed E-state index contributed by atoms with van der Waals surface area (Å²) in [6.07, 6.45) is 4.57. The van der Waals surface area contributed by atoms with Crippen LogP contribution in [0.2, 0.25) is 0 Å². The summed E-state index contributed by atoms with van der Waals surface area (Å²) in [6, 6.07) is 5.91. The molecular weight excluding hydrogens is 224 g/mol. The lowest BCUT2D eigenvalue weighted by Crippen LogP contribution is -2.06. The Labute approximate surface area is 107 Å². The molecule has 4 nitrogen and oxygen atoms in total. The maximum absolute atomic E-state index is 5.85. The van der Waals surface area contributed by atoms with Gasteiger partial charge in [0.15, 0.2) is 0 Å². The largest absolute Gasteiger partial charge is 0.398 e. The first-order chi connectivity index (χ1) is 8.70. The Morgan fingerprint density at radius 2 is 2.17 bits per heavy atom. The van der Waals surface area contributed by atoms with Crippen molar-refractivity contribution in [3.05, 3.63) is 47.4 Å². The molecule has 0 spiro atoms. The van der Waals surface area contributed by atoms with Crippen LogP contribution in [0.4, 0.5) is 11.5 Å². The van der Waals surface area contributed by atoms with Gasteiger partial charge in [-0.15, -0.1) is 0 Å². The van der Waals surface area contributed by atoms with Crippen LogP contribution in [0.1, 0.15) is 23.7 Å². The van der Waals surface area contributed by atoms with E-state index >= 15 is 0 Å². The molecule has 4 heteroatoms. The lowest BCUT2D eigenvalue weighted by atomic mass is 10.1. The van der Waals surface area contributed by atoms with Crippen LogP contribution in [0.25, 0.3) is 0 Å². The van der Waals surface area contributed by atoms with Crippen molar-refractivity contribution in [1.29, 1.82) is 0 Å². The molecule has 94 valence electrons. The average Bonchev–Trinajstić information content (AvgIpc) is 2.40. The molecule has 2 aromatic heterocycles. The van der Waals surface area contributed by atoms with Crippen LogP contribution in [0.15, 0.2) is 30.6 Å². The molecule has 0 fully saturated rings. The van der Waals surface area contributed by atoms with E-state index in [9.17, 15) is 0 Å². The van der Waals surface area contributed by atoms with E-state index in [0.717, 1.165) is 29.2 Å². The first-order valence-electron chi connectivity index (χ1n) is 6.09. The zero-order valence-corrected chi connectivity index (χ0v) is 10.8. The molecule has 2 aromatic rings. The third-order valence-corrected chi connectivity index (χ3v) is 2.95. The molecule has 0 amide bonds. The lowest BCUT2D eigenvalue weighted by molar-refractivity contribution is 0.964. The summed E-state index contributed by atoms with van der Waals surface area (Å²) in [4.78, 5) is 8.67. The highest BCUT2D eigenvalue weighted by molar-refractivity contribution is 5.53. The van der Waals surface area contributed by atoms with E-state index in [2.05, 4.69) is 28.3 Å². The molecule has 0 saturated heterocycles. The van der Waals surface area contributed by atoms with Gasteiger partial charge in [-0.25, -0.2) is 4.98 Å². The highest BCUT2D eigenvalue weighted by Crippen LogP contribution is 2.15. The fraction of sp³-hybridized carbons (Fsp3) is 0.286.